The number of halogens is 1. The first kappa shape index (κ1) is 19.8. The maximum absolute atomic E-state index is 13.4. The van der Waals surface area contributed by atoms with E-state index in [0.29, 0.717) is 29.3 Å². The van der Waals surface area contributed by atoms with Crippen molar-refractivity contribution in [3.05, 3.63) is 71.9 Å². The lowest BCUT2D eigenvalue weighted by Gasteiger charge is -2.17. The molecular formula is C23H24FN5O. The van der Waals surface area contributed by atoms with Gasteiger partial charge >= 0.3 is 0 Å². The molecule has 1 fully saturated rings. The molecule has 1 aromatic carbocycles. The van der Waals surface area contributed by atoms with E-state index in [4.69, 9.17) is 11.1 Å². The molecule has 0 aliphatic carbocycles. The lowest BCUT2D eigenvalue weighted by Crippen LogP contribution is -2.30. The predicted octanol–water partition coefficient (Wildman–Crippen LogP) is 3.22. The number of likely N-dealkylation sites (tertiary alicyclic amines) is 1. The first-order valence-corrected chi connectivity index (χ1v) is 9.98. The van der Waals surface area contributed by atoms with Gasteiger partial charge in [-0.1, -0.05) is 12.1 Å². The SMILES string of the molecule is N=C/C(=C\N)c1ccc2c(ccn2CC2CCN(C(=O)Cc3cccc(F)c3)C2)n1. The minimum absolute atomic E-state index is 0.0412. The summed E-state index contributed by atoms with van der Waals surface area (Å²) in [5, 5.41) is 7.43. The van der Waals surface area contributed by atoms with E-state index in [-0.39, 0.29) is 18.1 Å². The van der Waals surface area contributed by atoms with Crippen LogP contribution in [0.4, 0.5) is 4.39 Å². The van der Waals surface area contributed by atoms with Gasteiger partial charge < -0.3 is 20.6 Å². The highest BCUT2D eigenvalue weighted by atomic mass is 19.1. The fourth-order valence-corrected chi connectivity index (χ4v) is 4.02. The molecule has 3 heterocycles. The minimum Gasteiger partial charge on any atom is -0.404 e. The average molecular weight is 405 g/mol. The van der Waals surface area contributed by atoms with Crippen LogP contribution in [0.25, 0.3) is 16.6 Å². The summed E-state index contributed by atoms with van der Waals surface area (Å²) in [6.45, 7) is 2.23. The van der Waals surface area contributed by atoms with E-state index < -0.39 is 0 Å². The highest BCUT2D eigenvalue weighted by Crippen LogP contribution is 2.23. The van der Waals surface area contributed by atoms with Gasteiger partial charge in [0.1, 0.15) is 5.82 Å². The standard InChI is InChI=1S/C23H24FN5O/c24-19-3-1-2-16(10-19)11-23(30)29-8-6-17(15-29)14-28-9-7-21-22(28)5-4-20(27-21)18(12-25)13-26/h1-5,7,9-10,12-13,17,25H,6,8,11,14-15,26H2/b18-13+,25-12?. The Bertz CT molecular complexity index is 1120. The first-order chi connectivity index (χ1) is 14.6. The Morgan fingerprint density at radius 1 is 1.30 bits per heavy atom. The lowest BCUT2D eigenvalue weighted by atomic mass is 10.1. The zero-order valence-corrected chi connectivity index (χ0v) is 16.6. The van der Waals surface area contributed by atoms with Gasteiger partial charge in [0.2, 0.25) is 5.91 Å². The molecule has 3 N–H and O–H groups in total. The third-order valence-corrected chi connectivity index (χ3v) is 5.59. The fourth-order valence-electron chi connectivity index (χ4n) is 4.02. The molecule has 6 nitrogen and oxygen atoms in total. The summed E-state index contributed by atoms with van der Waals surface area (Å²) in [5.41, 5.74) is 9.38. The van der Waals surface area contributed by atoms with Crippen LogP contribution in [0.3, 0.4) is 0 Å². The minimum atomic E-state index is -0.314. The van der Waals surface area contributed by atoms with Gasteiger partial charge in [0.15, 0.2) is 0 Å². The van der Waals surface area contributed by atoms with Crippen molar-refractivity contribution in [3.63, 3.8) is 0 Å². The van der Waals surface area contributed by atoms with Crippen LogP contribution < -0.4 is 5.73 Å². The predicted molar refractivity (Wildman–Crippen MR) is 115 cm³/mol. The summed E-state index contributed by atoms with van der Waals surface area (Å²) in [4.78, 5) is 19.1. The molecule has 1 saturated heterocycles. The number of amides is 1. The van der Waals surface area contributed by atoms with Gasteiger partial charge in [0.05, 0.1) is 23.1 Å². The molecular weight excluding hydrogens is 381 g/mol. The van der Waals surface area contributed by atoms with E-state index in [1.807, 2.05) is 29.3 Å². The van der Waals surface area contributed by atoms with Crippen molar-refractivity contribution in [3.8, 4) is 0 Å². The molecule has 0 radical (unpaired) electrons. The highest BCUT2D eigenvalue weighted by Gasteiger charge is 2.26. The summed E-state index contributed by atoms with van der Waals surface area (Å²) >= 11 is 0. The van der Waals surface area contributed by atoms with Crippen LogP contribution in [0.1, 0.15) is 17.7 Å². The number of rotatable bonds is 6. The highest BCUT2D eigenvalue weighted by molar-refractivity contribution is 6.07. The number of nitrogens with one attached hydrogen (secondary N) is 1. The van der Waals surface area contributed by atoms with Crippen molar-refractivity contribution in [2.75, 3.05) is 13.1 Å². The van der Waals surface area contributed by atoms with Gasteiger partial charge in [-0.05, 0) is 48.2 Å². The largest absolute Gasteiger partial charge is 0.404 e. The van der Waals surface area contributed by atoms with Crippen LogP contribution in [-0.2, 0) is 17.8 Å². The van der Waals surface area contributed by atoms with Crippen molar-refractivity contribution in [2.24, 2.45) is 11.7 Å². The smallest absolute Gasteiger partial charge is 0.227 e. The van der Waals surface area contributed by atoms with Gasteiger partial charge in [-0.15, -0.1) is 0 Å². The zero-order valence-electron chi connectivity index (χ0n) is 16.6. The summed E-state index contributed by atoms with van der Waals surface area (Å²) in [5.74, 6) is 0.0860. The first-order valence-electron chi connectivity index (χ1n) is 9.98. The zero-order chi connectivity index (χ0) is 21.1. The lowest BCUT2D eigenvalue weighted by molar-refractivity contribution is -0.129. The van der Waals surface area contributed by atoms with E-state index in [1.54, 1.807) is 12.1 Å². The number of allylic oxidation sites excluding steroid dienone is 1. The normalized spacial score (nSPS) is 16.9. The molecule has 7 heteroatoms. The van der Waals surface area contributed by atoms with Crippen LogP contribution in [0, 0.1) is 17.1 Å². The van der Waals surface area contributed by atoms with Crippen molar-refractivity contribution >= 4 is 28.7 Å². The molecule has 30 heavy (non-hydrogen) atoms. The van der Waals surface area contributed by atoms with Crippen LogP contribution in [0.15, 0.2) is 54.9 Å². The van der Waals surface area contributed by atoms with Crippen molar-refractivity contribution in [1.29, 1.82) is 5.41 Å². The molecule has 154 valence electrons. The molecule has 2 aromatic heterocycles. The Kier molecular flexibility index (Phi) is 5.61. The molecule has 0 spiro atoms. The van der Waals surface area contributed by atoms with E-state index >= 15 is 0 Å². The van der Waals surface area contributed by atoms with Gasteiger partial charge in [-0.2, -0.15) is 0 Å². The van der Waals surface area contributed by atoms with Crippen molar-refractivity contribution < 1.29 is 9.18 Å². The van der Waals surface area contributed by atoms with E-state index in [1.165, 1.54) is 24.5 Å². The number of carbonyl (C=O) groups is 1. The third kappa shape index (κ3) is 4.10. The molecule has 1 aliphatic heterocycles. The van der Waals surface area contributed by atoms with E-state index in [2.05, 4.69) is 9.55 Å². The quantitative estimate of drug-likeness (QED) is 0.617. The molecule has 1 aliphatic rings. The van der Waals surface area contributed by atoms with Crippen LogP contribution in [-0.4, -0.2) is 39.7 Å². The number of nitrogens with zero attached hydrogens (tertiary/aromatic N) is 3. The Morgan fingerprint density at radius 2 is 2.17 bits per heavy atom. The molecule has 3 aromatic rings. The second kappa shape index (κ2) is 8.49. The van der Waals surface area contributed by atoms with Gasteiger partial charge in [-0.25, -0.2) is 9.37 Å². The number of fused-ring (bicyclic) bond motifs is 1. The van der Waals surface area contributed by atoms with Crippen LogP contribution >= 0.6 is 0 Å². The number of carbonyl (C=O) groups excluding carboxylic acids is 1. The maximum Gasteiger partial charge on any atom is 0.227 e. The number of pyridine rings is 1. The van der Waals surface area contributed by atoms with E-state index in [9.17, 15) is 9.18 Å². The molecule has 1 unspecified atom stereocenters. The summed E-state index contributed by atoms with van der Waals surface area (Å²) in [6, 6.07) is 12.0. The number of benzene rings is 1. The van der Waals surface area contributed by atoms with Crippen molar-refractivity contribution in [2.45, 2.75) is 19.4 Å². The number of hydrogen-bond donors (Lipinski definition) is 2. The maximum atomic E-state index is 13.4. The monoisotopic (exact) mass is 405 g/mol. The average Bonchev–Trinajstić information content (AvgIpc) is 3.37. The van der Waals surface area contributed by atoms with Gasteiger partial charge in [0.25, 0.3) is 0 Å². The third-order valence-electron chi connectivity index (χ3n) is 5.59. The van der Waals surface area contributed by atoms with Gasteiger partial charge in [0, 0.05) is 43.8 Å². The summed E-state index contributed by atoms with van der Waals surface area (Å²) in [6.07, 6.45) is 5.75. The van der Waals surface area contributed by atoms with Gasteiger partial charge in [-0.3, -0.25) is 4.79 Å². The molecule has 4 rings (SSSR count). The summed E-state index contributed by atoms with van der Waals surface area (Å²) < 4.78 is 15.5. The fraction of sp³-hybridized carbons (Fsp3) is 0.261. The van der Waals surface area contributed by atoms with Crippen LogP contribution in [0.2, 0.25) is 0 Å². The number of nitrogens with two attached hydrogens (primary N) is 1. The molecule has 1 amide bonds. The Hall–Kier alpha value is -3.48. The summed E-state index contributed by atoms with van der Waals surface area (Å²) in [7, 11) is 0. The number of aromatic nitrogens is 2. The Balaban J connectivity index is 1.41. The molecule has 0 bridgehead atoms. The molecule has 1 atom stereocenters. The van der Waals surface area contributed by atoms with Crippen LogP contribution in [0.5, 0.6) is 0 Å². The molecule has 0 saturated carbocycles. The van der Waals surface area contributed by atoms with E-state index in [0.717, 1.165) is 30.5 Å². The second-order valence-electron chi connectivity index (χ2n) is 7.64. The topological polar surface area (TPSA) is 88.0 Å². The Labute approximate surface area is 174 Å². The second-order valence-corrected chi connectivity index (χ2v) is 7.64. The Morgan fingerprint density at radius 3 is 2.93 bits per heavy atom. The van der Waals surface area contributed by atoms with Crippen molar-refractivity contribution in [1.82, 2.24) is 14.5 Å². The number of hydrogen-bond acceptors (Lipinski definition) is 4.